The number of rotatable bonds is 0. The van der Waals surface area contributed by atoms with E-state index in [0.717, 1.165) is 6.42 Å². The van der Waals surface area contributed by atoms with E-state index in [4.69, 9.17) is 0 Å². The van der Waals surface area contributed by atoms with Gasteiger partial charge in [0.1, 0.15) is 0 Å². The molecule has 3 aromatic rings. The van der Waals surface area contributed by atoms with E-state index in [1.165, 1.54) is 21.5 Å². The molecule has 0 aliphatic heterocycles. The van der Waals surface area contributed by atoms with E-state index in [-0.39, 0.29) is 51.0 Å². The van der Waals surface area contributed by atoms with Crippen molar-refractivity contribution >= 4 is 21.5 Å². The summed E-state index contributed by atoms with van der Waals surface area (Å²) in [5.41, 5.74) is 0. The van der Waals surface area contributed by atoms with E-state index < -0.39 is 0 Å². The van der Waals surface area contributed by atoms with Gasteiger partial charge in [-0.15, -0.1) is 29.3 Å². The zero-order valence-electron chi connectivity index (χ0n) is 11.4. The molecule has 21 heavy (non-hydrogen) atoms. The topological polar surface area (TPSA) is 0 Å². The van der Waals surface area contributed by atoms with Crippen molar-refractivity contribution in [2.75, 3.05) is 0 Å². The summed E-state index contributed by atoms with van der Waals surface area (Å²) in [5, 5.41) is 5.36. The molecule has 0 N–H and O–H groups in total. The maximum atomic E-state index is 2.99. The first-order valence-electron chi connectivity index (χ1n) is 6.20. The van der Waals surface area contributed by atoms with Crippen molar-refractivity contribution < 1.29 is 51.0 Å². The Kier molecular flexibility index (Phi) is 9.70. The van der Waals surface area contributed by atoms with E-state index in [1.807, 2.05) is 12.2 Å². The summed E-state index contributed by atoms with van der Waals surface area (Å²) in [6, 6.07) is 19.3. The number of allylic oxidation sites excluding steroid dienone is 4. The minimum absolute atomic E-state index is 0. The van der Waals surface area contributed by atoms with Crippen LogP contribution in [0.15, 0.2) is 72.8 Å². The maximum Gasteiger partial charge on any atom is 4.00 e. The summed E-state index contributed by atoms with van der Waals surface area (Å²) < 4.78 is 0. The van der Waals surface area contributed by atoms with Crippen molar-refractivity contribution in [3.63, 3.8) is 0 Å². The van der Waals surface area contributed by atoms with Gasteiger partial charge in [0.05, 0.1) is 0 Å². The fourth-order valence-corrected chi connectivity index (χ4v) is 2.23. The Morgan fingerprint density at radius 2 is 1.71 bits per heavy atom. The summed E-state index contributed by atoms with van der Waals surface area (Å²) in [7, 11) is 0. The Morgan fingerprint density at radius 3 is 2.38 bits per heavy atom. The van der Waals surface area contributed by atoms with Crippen molar-refractivity contribution in [2.24, 2.45) is 0 Å². The first-order valence-corrected chi connectivity index (χ1v) is 6.20. The van der Waals surface area contributed by atoms with Crippen molar-refractivity contribution in [1.29, 1.82) is 0 Å². The fourth-order valence-electron chi connectivity index (χ4n) is 2.23. The van der Waals surface area contributed by atoms with Crippen molar-refractivity contribution in [1.82, 2.24) is 0 Å². The molecule has 0 saturated heterocycles. The van der Waals surface area contributed by atoms with Crippen LogP contribution in [0.25, 0.3) is 21.5 Å². The Bertz CT molecular complexity index is 716. The van der Waals surface area contributed by atoms with Crippen LogP contribution in [0.2, 0.25) is 0 Å². The minimum Gasteiger partial charge on any atom is -1.00 e. The Morgan fingerprint density at radius 1 is 0.905 bits per heavy atom. The van der Waals surface area contributed by atoms with Gasteiger partial charge in [-0.25, -0.2) is 12.2 Å². The van der Waals surface area contributed by atoms with Gasteiger partial charge in [-0.2, -0.15) is 18.2 Å². The van der Waals surface area contributed by atoms with E-state index in [1.54, 1.807) is 0 Å². The predicted octanol–water partition coefficient (Wildman–Crippen LogP) is -0.977. The molecule has 0 aromatic heterocycles. The molecule has 1 aliphatic carbocycles. The first-order chi connectivity index (χ1) is 8.95. The third-order valence-electron chi connectivity index (χ3n) is 3.13. The average Bonchev–Trinajstić information content (AvgIpc) is 3.12. The molecule has 0 heterocycles. The largest absolute Gasteiger partial charge is 4.00 e. The third kappa shape index (κ3) is 4.88. The summed E-state index contributed by atoms with van der Waals surface area (Å²) in [4.78, 5) is 0. The van der Waals surface area contributed by atoms with Gasteiger partial charge in [0.25, 0.3) is 0 Å². The SMILES string of the molecule is [C-]1=CC=CC1.[Cl-].[Cl-].[Zr+4].c1ccc2c(c1)ccc1[cH-]ccc12. The van der Waals surface area contributed by atoms with Crippen LogP contribution in [0.1, 0.15) is 6.42 Å². The Labute approximate surface area is 157 Å². The summed E-state index contributed by atoms with van der Waals surface area (Å²) >= 11 is 0. The zero-order valence-corrected chi connectivity index (χ0v) is 15.4. The maximum absolute atomic E-state index is 2.99. The average molecular weight is 392 g/mol. The van der Waals surface area contributed by atoms with Gasteiger partial charge in [-0.1, -0.05) is 35.7 Å². The molecule has 0 saturated carbocycles. The second-order valence-corrected chi connectivity index (χ2v) is 4.32. The monoisotopic (exact) mass is 390 g/mol. The Balaban J connectivity index is 0.000000437. The van der Waals surface area contributed by atoms with Crippen LogP contribution in [-0.4, -0.2) is 0 Å². The second kappa shape index (κ2) is 10.1. The van der Waals surface area contributed by atoms with E-state index in [0.29, 0.717) is 0 Å². The number of halogens is 2. The second-order valence-electron chi connectivity index (χ2n) is 4.32. The van der Waals surface area contributed by atoms with Crippen molar-refractivity contribution in [2.45, 2.75) is 6.42 Å². The van der Waals surface area contributed by atoms with Crippen LogP contribution in [0.5, 0.6) is 0 Å². The van der Waals surface area contributed by atoms with Crippen molar-refractivity contribution in [3.05, 3.63) is 78.9 Å². The van der Waals surface area contributed by atoms with Crippen LogP contribution in [0.4, 0.5) is 0 Å². The number of benzene rings is 2. The molecule has 1 aliphatic rings. The van der Waals surface area contributed by atoms with Crippen LogP contribution in [0.3, 0.4) is 0 Å². The molecule has 0 spiro atoms. The third-order valence-corrected chi connectivity index (χ3v) is 3.13. The number of fused-ring (bicyclic) bond motifs is 3. The Hall–Kier alpha value is -0.747. The van der Waals surface area contributed by atoms with Gasteiger partial charge in [0, 0.05) is 0 Å². The van der Waals surface area contributed by atoms with Gasteiger partial charge < -0.3 is 24.8 Å². The molecular formula is C18H14Cl2Zr. The normalized spacial score (nSPS) is 11.0. The van der Waals surface area contributed by atoms with Crippen LogP contribution >= 0.6 is 0 Å². The van der Waals surface area contributed by atoms with Gasteiger partial charge in [0.2, 0.25) is 0 Å². The van der Waals surface area contributed by atoms with Gasteiger partial charge in [-0.3, -0.25) is 6.08 Å². The van der Waals surface area contributed by atoms with Gasteiger partial charge >= 0.3 is 26.2 Å². The summed E-state index contributed by atoms with van der Waals surface area (Å²) in [6.07, 6.45) is 10.0. The standard InChI is InChI=1S/C13H9.C5H5.2ClH.Zr/c1-2-6-12-10(4-1)8-9-11-5-3-7-13(11)12;1-2-4-5-3-1;;;/h1-9H;1-3H,4H2;2*1H;/q2*-1;;;+4/p-2. The van der Waals surface area contributed by atoms with Crippen LogP contribution in [-0.2, 0) is 26.2 Å². The van der Waals surface area contributed by atoms with Gasteiger partial charge in [-0.05, 0) is 5.39 Å². The van der Waals surface area contributed by atoms with Gasteiger partial charge in [0.15, 0.2) is 0 Å². The smallest absolute Gasteiger partial charge is 1.00 e. The molecule has 3 heteroatoms. The zero-order chi connectivity index (χ0) is 12.2. The fraction of sp³-hybridized carbons (Fsp3) is 0.0556. The van der Waals surface area contributed by atoms with Crippen LogP contribution in [0, 0.1) is 6.08 Å². The molecule has 0 radical (unpaired) electrons. The molecule has 0 atom stereocenters. The summed E-state index contributed by atoms with van der Waals surface area (Å²) in [6.45, 7) is 0. The first kappa shape index (κ1) is 20.3. The molecular weight excluding hydrogens is 378 g/mol. The minimum atomic E-state index is 0. The molecule has 0 unspecified atom stereocenters. The molecule has 104 valence electrons. The molecule has 0 amide bonds. The predicted molar refractivity (Wildman–Crippen MR) is 78.6 cm³/mol. The van der Waals surface area contributed by atoms with Crippen molar-refractivity contribution in [3.8, 4) is 0 Å². The number of hydrogen-bond donors (Lipinski definition) is 0. The molecule has 0 nitrogen and oxygen atoms in total. The summed E-state index contributed by atoms with van der Waals surface area (Å²) in [5.74, 6) is 0. The molecule has 4 rings (SSSR count). The molecule has 0 fully saturated rings. The van der Waals surface area contributed by atoms with Crippen LogP contribution < -0.4 is 24.8 Å². The van der Waals surface area contributed by atoms with E-state index in [2.05, 4.69) is 66.7 Å². The quantitative estimate of drug-likeness (QED) is 0.432. The van der Waals surface area contributed by atoms with E-state index >= 15 is 0 Å². The molecule has 0 bridgehead atoms. The number of hydrogen-bond acceptors (Lipinski definition) is 0. The molecule has 3 aromatic carbocycles. The van der Waals surface area contributed by atoms with E-state index in [9.17, 15) is 0 Å².